The van der Waals surface area contributed by atoms with E-state index in [0.29, 0.717) is 35.4 Å². The third-order valence-corrected chi connectivity index (χ3v) is 7.54. The minimum Gasteiger partial charge on any atom is -0.465 e. The highest BCUT2D eigenvalue weighted by molar-refractivity contribution is 7.10. The number of dihydropyridines is 1. The second-order valence-corrected chi connectivity index (χ2v) is 9.83. The number of furan rings is 1. The molecule has 6 heteroatoms. The number of hydrogen-bond donors (Lipinski definition) is 1. The van der Waals surface area contributed by atoms with E-state index in [-0.39, 0.29) is 18.3 Å². The zero-order valence-electron chi connectivity index (χ0n) is 19.3. The Kier molecular flexibility index (Phi) is 6.24. The van der Waals surface area contributed by atoms with Gasteiger partial charge >= 0.3 is 5.97 Å². The summed E-state index contributed by atoms with van der Waals surface area (Å²) >= 11 is 1.68. The molecule has 0 amide bonds. The van der Waals surface area contributed by atoms with E-state index in [0.717, 1.165) is 23.4 Å². The molecule has 0 radical (unpaired) electrons. The van der Waals surface area contributed by atoms with E-state index in [9.17, 15) is 9.59 Å². The molecule has 0 unspecified atom stereocenters. The van der Waals surface area contributed by atoms with Gasteiger partial charge < -0.3 is 14.5 Å². The van der Waals surface area contributed by atoms with E-state index in [4.69, 9.17) is 9.15 Å². The monoisotopic (exact) mass is 473 g/mol. The Balaban J connectivity index is 1.44. The second kappa shape index (κ2) is 9.47. The second-order valence-electron chi connectivity index (χ2n) is 8.85. The molecule has 0 fully saturated rings. The number of benzene rings is 1. The molecular formula is C28H27NO4S. The summed E-state index contributed by atoms with van der Waals surface area (Å²) in [5.74, 6) is 0.553. The maximum atomic E-state index is 13.5. The van der Waals surface area contributed by atoms with Gasteiger partial charge in [-0.1, -0.05) is 36.4 Å². The third kappa shape index (κ3) is 4.38. The average molecular weight is 474 g/mol. The molecule has 3 aromatic rings. The standard InChI is InChI=1S/C28H27NO4S/c1-17-10-11-23(33-17)27-25(28(31)32-13-12-19-7-4-3-5-8-19)18(2)29-21-15-20(16-22(30)26(21)27)24-9-6-14-34-24/h3-11,14,20,27,29H,12-13,15-16H2,1-2H3/t20-,27-/m1/s1. The molecule has 1 N–H and O–H groups in total. The fourth-order valence-electron chi connectivity index (χ4n) is 4.91. The van der Waals surface area contributed by atoms with Crippen LogP contribution in [0.2, 0.25) is 0 Å². The van der Waals surface area contributed by atoms with Gasteiger partial charge in [0, 0.05) is 40.6 Å². The summed E-state index contributed by atoms with van der Waals surface area (Å²) in [6.45, 7) is 4.01. The number of ether oxygens (including phenoxy) is 1. The molecule has 0 saturated heterocycles. The molecule has 3 heterocycles. The molecule has 1 aliphatic heterocycles. The van der Waals surface area contributed by atoms with Crippen LogP contribution in [-0.2, 0) is 20.7 Å². The quantitative estimate of drug-likeness (QED) is 0.459. The van der Waals surface area contributed by atoms with Crippen LogP contribution in [0.5, 0.6) is 0 Å². The van der Waals surface area contributed by atoms with Crippen LogP contribution in [0.15, 0.2) is 86.9 Å². The smallest absolute Gasteiger partial charge is 0.336 e. The third-order valence-electron chi connectivity index (χ3n) is 6.51. The largest absolute Gasteiger partial charge is 0.465 e. The van der Waals surface area contributed by atoms with Gasteiger partial charge in [-0.2, -0.15) is 0 Å². The highest BCUT2D eigenvalue weighted by Crippen LogP contribution is 2.46. The number of Topliss-reactive ketones (excluding diaryl/α,β-unsaturated/α-hetero) is 1. The number of carbonyl (C=O) groups is 2. The number of carbonyl (C=O) groups excluding carboxylic acids is 2. The number of aryl methyl sites for hydroxylation is 1. The van der Waals surface area contributed by atoms with Crippen LogP contribution in [0.25, 0.3) is 0 Å². The van der Waals surface area contributed by atoms with E-state index < -0.39 is 11.9 Å². The van der Waals surface area contributed by atoms with Crippen molar-refractivity contribution in [3.05, 3.63) is 104 Å². The first-order valence-electron chi connectivity index (χ1n) is 11.6. The van der Waals surface area contributed by atoms with Crippen molar-refractivity contribution in [1.29, 1.82) is 0 Å². The van der Waals surface area contributed by atoms with Crippen LogP contribution in [0.3, 0.4) is 0 Å². The van der Waals surface area contributed by atoms with Gasteiger partial charge in [0.2, 0.25) is 0 Å². The van der Waals surface area contributed by atoms with Gasteiger partial charge in [-0.25, -0.2) is 4.79 Å². The summed E-state index contributed by atoms with van der Waals surface area (Å²) in [6.07, 6.45) is 1.78. The molecule has 0 bridgehead atoms. The van der Waals surface area contributed by atoms with E-state index in [1.807, 2.05) is 67.8 Å². The minimum atomic E-state index is -0.564. The van der Waals surface area contributed by atoms with Crippen LogP contribution in [0.1, 0.15) is 53.6 Å². The summed E-state index contributed by atoms with van der Waals surface area (Å²) in [4.78, 5) is 28.0. The zero-order chi connectivity index (χ0) is 23.7. The first-order valence-corrected chi connectivity index (χ1v) is 12.4. The molecule has 0 saturated carbocycles. The number of esters is 1. The lowest BCUT2D eigenvalue weighted by Crippen LogP contribution is -2.36. The zero-order valence-corrected chi connectivity index (χ0v) is 20.1. The van der Waals surface area contributed by atoms with E-state index >= 15 is 0 Å². The van der Waals surface area contributed by atoms with Crippen molar-refractivity contribution in [2.45, 2.75) is 44.9 Å². The van der Waals surface area contributed by atoms with E-state index in [1.165, 1.54) is 4.88 Å². The molecule has 0 spiro atoms. The van der Waals surface area contributed by atoms with Crippen molar-refractivity contribution in [3.8, 4) is 0 Å². The van der Waals surface area contributed by atoms with Crippen LogP contribution in [-0.4, -0.2) is 18.4 Å². The van der Waals surface area contributed by atoms with Crippen LogP contribution >= 0.6 is 11.3 Å². The minimum absolute atomic E-state index is 0.0493. The summed E-state index contributed by atoms with van der Waals surface area (Å²) in [5.41, 5.74) is 3.77. The summed E-state index contributed by atoms with van der Waals surface area (Å²) in [7, 11) is 0. The molecule has 2 atom stereocenters. The molecule has 174 valence electrons. The van der Waals surface area contributed by atoms with Crippen LogP contribution in [0, 0.1) is 6.92 Å². The maximum Gasteiger partial charge on any atom is 0.336 e. The van der Waals surface area contributed by atoms with Gasteiger partial charge in [0.1, 0.15) is 11.5 Å². The Morgan fingerprint density at radius 3 is 2.62 bits per heavy atom. The SMILES string of the molecule is CC1=C(C(=O)OCCc2ccccc2)[C@@H](c2ccc(C)o2)C2=C(C[C@@H](c3cccs3)CC2=O)N1. The summed E-state index contributed by atoms with van der Waals surface area (Å²) in [6, 6.07) is 17.8. The van der Waals surface area contributed by atoms with Gasteiger partial charge in [-0.15, -0.1) is 11.3 Å². The number of ketones is 1. The van der Waals surface area contributed by atoms with Crippen molar-refractivity contribution >= 4 is 23.1 Å². The Bertz CT molecular complexity index is 1270. The molecule has 1 aliphatic carbocycles. The first kappa shape index (κ1) is 22.4. The fraction of sp³-hybridized carbons (Fsp3) is 0.286. The number of allylic oxidation sites excluding steroid dienone is 3. The number of nitrogens with one attached hydrogen (secondary N) is 1. The number of rotatable bonds is 6. The topological polar surface area (TPSA) is 68.5 Å². The van der Waals surface area contributed by atoms with Crippen LogP contribution in [0.4, 0.5) is 0 Å². The molecule has 1 aromatic carbocycles. The van der Waals surface area contributed by atoms with Crippen molar-refractivity contribution < 1.29 is 18.7 Å². The lowest BCUT2D eigenvalue weighted by molar-refractivity contribution is -0.139. The van der Waals surface area contributed by atoms with Crippen molar-refractivity contribution in [2.75, 3.05) is 6.61 Å². The number of hydrogen-bond acceptors (Lipinski definition) is 6. The van der Waals surface area contributed by atoms with E-state index in [2.05, 4.69) is 11.4 Å². The molecule has 5 nitrogen and oxygen atoms in total. The molecule has 34 heavy (non-hydrogen) atoms. The highest BCUT2D eigenvalue weighted by Gasteiger charge is 2.42. The lowest BCUT2D eigenvalue weighted by atomic mass is 9.74. The summed E-state index contributed by atoms with van der Waals surface area (Å²) < 4.78 is 11.7. The van der Waals surface area contributed by atoms with Gasteiger partial charge in [0.15, 0.2) is 5.78 Å². The highest BCUT2D eigenvalue weighted by atomic mass is 32.1. The average Bonchev–Trinajstić information content (AvgIpc) is 3.51. The Hall–Kier alpha value is -3.38. The lowest BCUT2D eigenvalue weighted by Gasteiger charge is -2.35. The predicted molar refractivity (Wildman–Crippen MR) is 131 cm³/mol. The van der Waals surface area contributed by atoms with Crippen molar-refractivity contribution in [1.82, 2.24) is 5.32 Å². The van der Waals surface area contributed by atoms with Gasteiger partial charge in [-0.3, -0.25) is 4.79 Å². The molecule has 2 aromatic heterocycles. The fourth-order valence-corrected chi connectivity index (χ4v) is 5.74. The Labute approximate surface area is 203 Å². The van der Waals surface area contributed by atoms with Gasteiger partial charge in [0.25, 0.3) is 0 Å². The van der Waals surface area contributed by atoms with Crippen molar-refractivity contribution in [3.63, 3.8) is 0 Å². The first-order chi connectivity index (χ1) is 16.5. The van der Waals surface area contributed by atoms with Crippen LogP contribution < -0.4 is 5.32 Å². The van der Waals surface area contributed by atoms with Gasteiger partial charge in [-0.05, 0) is 49.4 Å². The van der Waals surface area contributed by atoms with Gasteiger partial charge in [0.05, 0.1) is 18.1 Å². The molecule has 5 rings (SSSR count). The number of thiophene rings is 1. The molecular weight excluding hydrogens is 446 g/mol. The Morgan fingerprint density at radius 1 is 1.09 bits per heavy atom. The van der Waals surface area contributed by atoms with Crippen molar-refractivity contribution in [2.24, 2.45) is 0 Å². The normalized spacial score (nSPS) is 20.2. The van der Waals surface area contributed by atoms with E-state index in [1.54, 1.807) is 11.3 Å². The maximum absolute atomic E-state index is 13.5. The molecule has 2 aliphatic rings. The summed E-state index contributed by atoms with van der Waals surface area (Å²) in [5, 5.41) is 5.43. The Morgan fingerprint density at radius 2 is 1.91 bits per heavy atom. The predicted octanol–water partition coefficient (Wildman–Crippen LogP) is 5.80.